The van der Waals surface area contributed by atoms with Crippen molar-refractivity contribution in [2.75, 3.05) is 11.9 Å². The Labute approximate surface area is 136 Å². The summed E-state index contributed by atoms with van der Waals surface area (Å²) < 4.78 is 1.01. The number of para-hydroxylation sites is 1. The first-order valence-corrected chi connectivity index (χ1v) is 7.59. The minimum absolute atomic E-state index is 0.123. The number of benzene rings is 2. The van der Waals surface area contributed by atoms with Crippen LogP contribution in [0.1, 0.15) is 10.5 Å². The molecule has 0 aliphatic carbocycles. The van der Waals surface area contributed by atoms with Gasteiger partial charge in [0.2, 0.25) is 0 Å². The van der Waals surface area contributed by atoms with E-state index in [4.69, 9.17) is 0 Å². The molecule has 0 aliphatic rings. The number of amides is 1. The van der Waals surface area contributed by atoms with Gasteiger partial charge in [0.1, 0.15) is 5.69 Å². The van der Waals surface area contributed by atoms with Crippen molar-refractivity contribution in [2.45, 2.75) is 0 Å². The molecule has 0 saturated heterocycles. The van der Waals surface area contributed by atoms with Crippen LogP contribution in [0, 0.1) is 0 Å². The third-order valence-corrected chi connectivity index (χ3v) is 3.93. The molecule has 1 amide bonds. The second kappa shape index (κ2) is 6.15. The maximum absolute atomic E-state index is 12.5. The number of aromatic nitrogens is 2. The molecule has 1 aromatic heterocycles. The summed E-state index contributed by atoms with van der Waals surface area (Å²) in [4.78, 5) is 14.1. The average Bonchev–Trinajstić information content (AvgIpc) is 3.05. The van der Waals surface area contributed by atoms with Crippen LogP contribution in [0.4, 0.5) is 5.69 Å². The summed E-state index contributed by atoms with van der Waals surface area (Å²) in [5.41, 5.74) is 3.01. The number of H-pyrrole nitrogens is 1. The van der Waals surface area contributed by atoms with E-state index in [2.05, 4.69) is 26.1 Å². The van der Waals surface area contributed by atoms with Crippen molar-refractivity contribution >= 4 is 27.5 Å². The molecule has 1 heterocycles. The van der Waals surface area contributed by atoms with Gasteiger partial charge in [-0.15, -0.1) is 0 Å². The maximum atomic E-state index is 12.5. The zero-order valence-electron chi connectivity index (χ0n) is 12.0. The molecular formula is C17H14BrN3O. The summed E-state index contributed by atoms with van der Waals surface area (Å²) in [6.45, 7) is 0. The van der Waals surface area contributed by atoms with Crippen molar-refractivity contribution < 1.29 is 4.79 Å². The Kier molecular flexibility index (Phi) is 4.06. The Morgan fingerprint density at radius 1 is 1.09 bits per heavy atom. The molecule has 22 heavy (non-hydrogen) atoms. The molecule has 110 valence electrons. The van der Waals surface area contributed by atoms with Crippen molar-refractivity contribution in [3.8, 4) is 11.3 Å². The van der Waals surface area contributed by atoms with E-state index in [1.54, 1.807) is 18.0 Å². The molecule has 5 heteroatoms. The molecule has 2 aromatic carbocycles. The van der Waals surface area contributed by atoms with Crippen LogP contribution >= 0.6 is 15.9 Å². The Hall–Kier alpha value is -2.40. The minimum atomic E-state index is -0.123. The van der Waals surface area contributed by atoms with E-state index in [0.29, 0.717) is 5.69 Å². The highest BCUT2D eigenvalue weighted by Gasteiger charge is 2.16. The monoisotopic (exact) mass is 355 g/mol. The summed E-state index contributed by atoms with van der Waals surface area (Å²) in [5, 5.41) is 7.04. The fraction of sp³-hybridized carbons (Fsp3) is 0.0588. The third kappa shape index (κ3) is 2.94. The predicted octanol–water partition coefficient (Wildman–Crippen LogP) is 4.12. The van der Waals surface area contributed by atoms with E-state index in [1.807, 2.05) is 54.6 Å². The SMILES string of the molecule is CN(C(=O)c1cc(-c2ccc(Br)cc2)n[nH]1)c1ccccc1. The molecule has 0 spiro atoms. The van der Waals surface area contributed by atoms with Crippen molar-refractivity contribution in [3.63, 3.8) is 0 Å². The number of hydrogen-bond acceptors (Lipinski definition) is 2. The first-order chi connectivity index (χ1) is 10.6. The Bertz CT molecular complexity index is 781. The zero-order chi connectivity index (χ0) is 15.5. The van der Waals surface area contributed by atoms with Crippen LogP contribution in [0.3, 0.4) is 0 Å². The van der Waals surface area contributed by atoms with Crippen LogP contribution in [-0.4, -0.2) is 23.2 Å². The molecule has 0 atom stereocenters. The number of hydrogen-bond donors (Lipinski definition) is 1. The standard InChI is InChI=1S/C17H14BrN3O/c1-21(14-5-3-2-4-6-14)17(22)16-11-15(19-20-16)12-7-9-13(18)10-8-12/h2-11H,1H3,(H,19,20). The molecule has 0 bridgehead atoms. The van der Waals surface area contributed by atoms with Crippen LogP contribution < -0.4 is 4.90 Å². The second-order valence-electron chi connectivity index (χ2n) is 4.87. The molecule has 0 radical (unpaired) electrons. The molecule has 0 aliphatic heterocycles. The number of carbonyl (C=O) groups is 1. The van der Waals surface area contributed by atoms with E-state index in [9.17, 15) is 4.79 Å². The lowest BCUT2D eigenvalue weighted by atomic mass is 10.1. The molecule has 1 N–H and O–H groups in total. The summed E-state index contributed by atoms with van der Waals surface area (Å²) >= 11 is 3.40. The van der Waals surface area contributed by atoms with Gasteiger partial charge in [-0.2, -0.15) is 5.10 Å². The van der Waals surface area contributed by atoms with Crippen LogP contribution in [0.15, 0.2) is 65.1 Å². The van der Waals surface area contributed by atoms with Gasteiger partial charge in [0.15, 0.2) is 0 Å². The van der Waals surface area contributed by atoms with E-state index >= 15 is 0 Å². The number of nitrogens with zero attached hydrogens (tertiary/aromatic N) is 2. The highest BCUT2D eigenvalue weighted by atomic mass is 79.9. The van der Waals surface area contributed by atoms with Gasteiger partial charge in [-0.1, -0.05) is 46.3 Å². The van der Waals surface area contributed by atoms with E-state index < -0.39 is 0 Å². The number of anilines is 1. The minimum Gasteiger partial charge on any atom is -0.310 e. The molecular weight excluding hydrogens is 342 g/mol. The third-order valence-electron chi connectivity index (χ3n) is 3.40. The quantitative estimate of drug-likeness (QED) is 0.768. The fourth-order valence-electron chi connectivity index (χ4n) is 2.15. The summed E-state index contributed by atoms with van der Waals surface area (Å²) in [7, 11) is 1.75. The van der Waals surface area contributed by atoms with Gasteiger partial charge < -0.3 is 4.90 Å². The Morgan fingerprint density at radius 3 is 2.45 bits per heavy atom. The van der Waals surface area contributed by atoms with E-state index in [0.717, 1.165) is 21.4 Å². The summed E-state index contributed by atoms with van der Waals surface area (Å²) in [6.07, 6.45) is 0. The van der Waals surface area contributed by atoms with Gasteiger partial charge in [-0.25, -0.2) is 0 Å². The van der Waals surface area contributed by atoms with Crippen LogP contribution in [0.25, 0.3) is 11.3 Å². The smallest absolute Gasteiger partial charge is 0.276 e. The number of rotatable bonds is 3. The van der Waals surface area contributed by atoms with Crippen LogP contribution in [0.2, 0.25) is 0 Å². The fourth-order valence-corrected chi connectivity index (χ4v) is 2.41. The maximum Gasteiger partial charge on any atom is 0.276 e. The molecule has 0 fully saturated rings. The lowest BCUT2D eigenvalue weighted by Crippen LogP contribution is -2.26. The van der Waals surface area contributed by atoms with Crippen molar-refractivity contribution in [1.82, 2.24) is 10.2 Å². The van der Waals surface area contributed by atoms with Crippen LogP contribution in [0.5, 0.6) is 0 Å². The van der Waals surface area contributed by atoms with Crippen molar-refractivity contribution in [3.05, 3.63) is 70.8 Å². The first-order valence-electron chi connectivity index (χ1n) is 6.79. The number of carbonyl (C=O) groups excluding carboxylic acids is 1. The lowest BCUT2D eigenvalue weighted by Gasteiger charge is -2.15. The topological polar surface area (TPSA) is 49.0 Å². The number of aromatic amines is 1. The van der Waals surface area contributed by atoms with Gasteiger partial charge in [-0.3, -0.25) is 9.89 Å². The number of nitrogens with one attached hydrogen (secondary N) is 1. The molecule has 4 nitrogen and oxygen atoms in total. The number of halogens is 1. The first kappa shape index (κ1) is 14.5. The summed E-state index contributed by atoms with van der Waals surface area (Å²) in [6, 6.07) is 19.1. The predicted molar refractivity (Wildman–Crippen MR) is 90.9 cm³/mol. The van der Waals surface area contributed by atoms with E-state index in [-0.39, 0.29) is 5.91 Å². The second-order valence-corrected chi connectivity index (χ2v) is 5.79. The molecule has 3 rings (SSSR count). The van der Waals surface area contributed by atoms with Gasteiger partial charge in [0.25, 0.3) is 5.91 Å². The lowest BCUT2D eigenvalue weighted by molar-refractivity contribution is 0.0988. The van der Waals surface area contributed by atoms with Crippen LogP contribution in [-0.2, 0) is 0 Å². The highest BCUT2D eigenvalue weighted by molar-refractivity contribution is 9.10. The highest BCUT2D eigenvalue weighted by Crippen LogP contribution is 2.21. The van der Waals surface area contributed by atoms with Crippen molar-refractivity contribution in [1.29, 1.82) is 0 Å². The largest absolute Gasteiger partial charge is 0.310 e. The Balaban J connectivity index is 1.84. The van der Waals surface area contributed by atoms with Gasteiger partial charge in [0, 0.05) is 22.8 Å². The van der Waals surface area contributed by atoms with E-state index in [1.165, 1.54) is 0 Å². The van der Waals surface area contributed by atoms with Gasteiger partial charge in [-0.05, 0) is 30.3 Å². The summed E-state index contributed by atoms with van der Waals surface area (Å²) in [5.74, 6) is -0.123. The van der Waals surface area contributed by atoms with Crippen molar-refractivity contribution in [2.24, 2.45) is 0 Å². The normalized spacial score (nSPS) is 10.5. The zero-order valence-corrected chi connectivity index (χ0v) is 13.5. The molecule has 3 aromatic rings. The molecule has 0 unspecified atom stereocenters. The van der Waals surface area contributed by atoms with Gasteiger partial charge in [0.05, 0.1) is 5.69 Å². The molecule has 0 saturated carbocycles. The average molecular weight is 356 g/mol. The Morgan fingerprint density at radius 2 is 1.77 bits per heavy atom. The van der Waals surface area contributed by atoms with Gasteiger partial charge >= 0.3 is 0 Å².